The summed E-state index contributed by atoms with van der Waals surface area (Å²) in [6.45, 7) is 0.174. The van der Waals surface area contributed by atoms with Gasteiger partial charge in [0.1, 0.15) is 18.4 Å². The zero-order valence-electron chi connectivity index (χ0n) is 21.7. The molecule has 2 aromatic carbocycles. The summed E-state index contributed by atoms with van der Waals surface area (Å²) in [6, 6.07) is 10.3. The molecule has 2 unspecified atom stereocenters. The Morgan fingerprint density at radius 1 is 0.951 bits per heavy atom. The van der Waals surface area contributed by atoms with Crippen LogP contribution in [0.15, 0.2) is 42.5 Å². The highest BCUT2D eigenvalue weighted by Crippen LogP contribution is 2.43. The number of carbonyl (C=O) groups is 3. The van der Waals surface area contributed by atoms with Gasteiger partial charge in [0, 0.05) is 24.1 Å². The van der Waals surface area contributed by atoms with Crippen LogP contribution in [-0.4, -0.2) is 92.9 Å². The molecule has 3 amide bonds. The van der Waals surface area contributed by atoms with Gasteiger partial charge in [-0.3, -0.25) is 24.4 Å². The van der Waals surface area contributed by atoms with Gasteiger partial charge in [0.25, 0.3) is 11.8 Å². The molecule has 2 saturated heterocycles. The Kier molecular flexibility index (Phi) is 6.93. The minimum atomic E-state index is -3.79. The van der Waals surface area contributed by atoms with Crippen LogP contribution in [0, 0.1) is 0 Å². The number of aliphatic hydroxyl groups is 7. The van der Waals surface area contributed by atoms with Crippen molar-refractivity contribution in [1.82, 2.24) is 15.1 Å². The van der Waals surface area contributed by atoms with Crippen LogP contribution < -0.4 is 10.1 Å². The second kappa shape index (κ2) is 9.80. The number of amides is 3. The van der Waals surface area contributed by atoms with Gasteiger partial charge in [-0.15, -0.1) is 0 Å². The van der Waals surface area contributed by atoms with Crippen LogP contribution in [0.5, 0.6) is 5.75 Å². The SMILES string of the molecule is CC1(O)OC(O)(O)C(O)(O)N(Cc2ccc(COc3cccc4c3CN(C3CCC(=O)NC3=O)C4=O)cc2)C1(O)O. The Labute approximate surface area is 232 Å². The molecule has 2 atom stereocenters. The van der Waals surface area contributed by atoms with Crippen LogP contribution in [0.3, 0.4) is 0 Å². The first-order chi connectivity index (χ1) is 19.0. The van der Waals surface area contributed by atoms with Crippen LogP contribution in [-0.2, 0) is 34.0 Å². The zero-order valence-corrected chi connectivity index (χ0v) is 21.7. The van der Waals surface area contributed by atoms with Gasteiger partial charge < -0.3 is 45.4 Å². The van der Waals surface area contributed by atoms with E-state index < -0.39 is 42.1 Å². The van der Waals surface area contributed by atoms with Crippen molar-refractivity contribution in [1.29, 1.82) is 0 Å². The van der Waals surface area contributed by atoms with Crippen LogP contribution in [0.2, 0.25) is 0 Å². The molecule has 0 bridgehead atoms. The molecule has 3 heterocycles. The van der Waals surface area contributed by atoms with Gasteiger partial charge in [0.15, 0.2) is 0 Å². The number of piperidine rings is 1. The molecular weight excluding hydrogens is 546 g/mol. The molecule has 5 rings (SSSR count). The quantitative estimate of drug-likeness (QED) is 0.132. The Morgan fingerprint density at radius 2 is 1.61 bits per heavy atom. The van der Waals surface area contributed by atoms with Crippen molar-refractivity contribution in [3.63, 3.8) is 0 Å². The van der Waals surface area contributed by atoms with Crippen LogP contribution in [0.4, 0.5) is 0 Å². The maximum Gasteiger partial charge on any atom is 0.354 e. The van der Waals surface area contributed by atoms with Crippen LogP contribution in [0.1, 0.15) is 46.8 Å². The highest BCUT2D eigenvalue weighted by atomic mass is 16.9. The average molecular weight is 576 g/mol. The lowest BCUT2D eigenvalue weighted by atomic mass is 10.0. The number of imide groups is 1. The molecule has 2 fully saturated rings. The summed E-state index contributed by atoms with van der Waals surface area (Å²) in [6.07, 6.45) is 0.366. The first kappa shape index (κ1) is 29.0. The normalized spacial score (nSPS) is 27.0. The van der Waals surface area contributed by atoms with E-state index in [0.29, 0.717) is 29.4 Å². The Hall–Kier alpha value is -3.51. The van der Waals surface area contributed by atoms with Crippen LogP contribution >= 0.6 is 0 Å². The number of benzene rings is 2. The van der Waals surface area contributed by atoms with E-state index in [2.05, 4.69) is 10.1 Å². The number of nitrogens with zero attached hydrogens (tertiary/aromatic N) is 2. The number of carbonyl (C=O) groups excluding carboxylic acids is 3. The first-order valence-corrected chi connectivity index (χ1v) is 12.6. The summed E-state index contributed by atoms with van der Waals surface area (Å²) >= 11 is 0. The van der Waals surface area contributed by atoms with Crippen LogP contribution in [0.25, 0.3) is 0 Å². The molecule has 0 radical (unpaired) electrons. The molecule has 8 N–H and O–H groups in total. The number of morpholine rings is 1. The topological polar surface area (TPSA) is 230 Å². The molecule has 15 heteroatoms. The van der Waals surface area contributed by atoms with Crippen molar-refractivity contribution < 1.29 is 59.6 Å². The molecule has 0 aromatic heterocycles. The van der Waals surface area contributed by atoms with E-state index in [1.165, 1.54) is 17.0 Å². The predicted octanol–water partition coefficient (Wildman–Crippen LogP) is -2.52. The van der Waals surface area contributed by atoms with Crippen molar-refractivity contribution in [2.24, 2.45) is 0 Å². The third-order valence-electron chi connectivity index (χ3n) is 7.45. The van der Waals surface area contributed by atoms with Gasteiger partial charge in [-0.05, 0) is 36.6 Å². The Morgan fingerprint density at radius 3 is 2.27 bits per heavy atom. The fraction of sp³-hybridized carbons (Fsp3) is 0.423. The third kappa shape index (κ3) is 4.86. The summed E-state index contributed by atoms with van der Waals surface area (Å²) in [5.74, 6) is -14.8. The maximum absolute atomic E-state index is 13.0. The van der Waals surface area contributed by atoms with E-state index in [1.54, 1.807) is 30.3 Å². The molecule has 0 saturated carbocycles. The molecule has 2 aromatic rings. The Bertz CT molecular complexity index is 1360. The minimum Gasteiger partial charge on any atom is -0.489 e. The van der Waals surface area contributed by atoms with Gasteiger partial charge in [-0.2, -0.15) is 4.90 Å². The highest BCUT2D eigenvalue weighted by molar-refractivity contribution is 6.05. The molecule has 3 aliphatic heterocycles. The van der Waals surface area contributed by atoms with E-state index in [9.17, 15) is 50.1 Å². The largest absolute Gasteiger partial charge is 0.489 e. The van der Waals surface area contributed by atoms with Gasteiger partial charge in [-0.1, -0.05) is 30.3 Å². The molecule has 15 nitrogen and oxygen atoms in total. The van der Waals surface area contributed by atoms with Crippen molar-refractivity contribution in [2.45, 2.75) is 69.1 Å². The second-order valence-corrected chi connectivity index (χ2v) is 10.3. The molecule has 220 valence electrons. The standard InChI is InChI=1S/C26H29N3O12/c1-23(33)24(34,35)29(25(36,37)26(38,39)41-23)11-14-5-7-15(8-6-14)13-40-19-4-2-3-16-17(19)12-28(22(16)32)18-9-10-20(30)27-21(18)31/h2-8,18,33-39H,9-13H2,1H3,(H,27,30,31). The second-order valence-electron chi connectivity index (χ2n) is 10.3. The summed E-state index contributed by atoms with van der Waals surface area (Å²) in [5.41, 5.74) is 1.86. The minimum absolute atomic E-state index is 0.0352. The third-order valence-corrected chi connectivity index (χ3v) is 7.45. The van der Waals surface area contributed by atoms with E-state index in [-0.39, 0.29) is 48.3 Å². The number of hydrogen-bond acceptors (Lipinski definition) is 13. The van der Waals surface area contributed by atoms with Gasteiger partial charge in [0.2, 0.25) is 17.6 Å². The predicted molar refractivity (Wildman–Crippen MR) is 132 cm³/mol. The smallest absolute Gasteiger partial charge is 0.354 e. The molecule has 0 spiro atoms. The first-order valence-electron chi connectivity index (χ1n) is 12.6. The number of hydrogen-bond donors (Lipinski definition) is 8. The molecular formula is C26H29N3O12. The van der Waals surface area contributed by atoms with Gasteiger partial charge in [0.05, 0.1) is 6.54 Å². The van der Waals surface area contributed by atoms with Gasteiger partial charge >= 0.3 is 11.9 Å². The van der Waals surface area contributed by atoms with E-state index in [1.807, 2.05) is 0 Å². The molecule has 0 aliphatic carbocycles. The van der Waals surface area contributed by atoms with Crippen molar-refractivity contribution >= 4 is 17.7 Å². The maximum atomic E-state index is 13.0. The van der Waals surface area contributed by atoms with E-state index in [4.69, 9.17) is 4.74 Å². The monoisotopic (exact) mass is 575 g/mol. The Balaban J connectivity index is 1.28. The molecule has 41 heavy (non-hydrogen) atoms. The zero-order chi connectivity index (χ0) is 30.0. The number of nitrogens with one attached hydrogen (secondary N) is 1. The van der Waals surface area contributed by atoms with Crippen molar-refractivity contribution in [3.8, 4) is 5.75 Å². The average Bonchev–Trinajstić information content (AvgIpc) is 3.21. The van der Waals surface area contributed by atoms with Crippen molar-refractivity contribution in [3.05, 3.63) is 64.7 Å². The fourth-order valence-electron chi connectivity index (χ4n) is 5.06. The van der Waals surface area contributed by atoms with Crippen molar-refractivity contribution in [2.75, 3.05) is 0 Å². The number of ether oxygens (including phenoxy) is 2. The van der Waals surface area contributed by atoms with E-state index >= 15 is 0 Å². The number of rotatable bonds is 6. The van der Waals surface area contributed by atoms with E-state index in [0.717, 1.165) is 0 Å². The summed E-state index contributed by atoms with van der Waals surface area (Å²) < 4.78 is 10.2. The summed E-state index contributed by atoms with van der Waals surface area (Å²) in [4.78, 5) is 38.3. The summed E-state index contributed by atoms with van der Waals surface area (Å²) in [5, 5.41) is 73.3. The fourth-order valence-corrected chi connectivity index (χ4v) is 5.06. The highest BCUT2D eigenvalue weighted by Gasteiger charge is 2.72. The lowest BCUT2D eigenvalue weighted by Crippen LogP contribution is -2.83. The lowest BCUT2D eigenvalue weighted by Gasteiger charge is -2.56. The number of fused-ring (bicyclic) bond motifs is 1. The molecule has 3 aliphatic rings. The van der Waals surface area contributed by atoms with Gasteiger partial charge in [-0.25, -0.2) is 0 Å². The lowest BCUT2D eigenvalue weighted by molar-refractivity contribution is -0.624. The summed E-state index contributed by atoms with van der Waals surface area (Å²) in [7, 11) is 0.